The maximum absolute atomic E-state index is 14.0. The molecular weight excluding hydrogens is 452 g/mol. The highest BCUT2D eigenvalue weighted by molar-refractivity contribution is 6.07. The number of nitrogens with one attached hydrogen (secondary N) is 2. The molecule has 0 aliphatic heterocycles. The van der Waals surface area contributed by atoms with Crippen molar-refractivity contribution in [2.75, 3.05) is 5.73 Å². The Morgan fingerprint density at radius 2 is 1.78 bits per heavy atom. The Labute approximate surface area is 205 Å². The van der Waals surface area contributed by atoms with Crippen molar-refractivity contribution in [2.45, 2.75) is 13.0 Å². The molecule has 0 saturated heterocycles. The van der Waals surface area contributed by atoms with Crippen LogP contribution in [0.1, 0.15) is 29.0 Å². The summed E-state index contributed by atoms with van der Waals surface area (Å²) < 4.78 is 3.27. The lowest BCUT2D eigenvalue weighted by Crippen LogP contribution is -2.32. The van der Waals surface area contributed by atoms with E-state index in [1.165, 1.54) is 0 Å². The second-order valence-electron chi connectivity index (χ2n) is 8.71. The molecule has 0 spiro atoms. The monoisotopic (exact) mass is 475 g/mol. The number of nitrogens with two attached hydrogens (primary N) is 1. The lowest BCUT2D eigenvalue weighted by Gasteiger charge is -2.21. The quantitative estimate of drug-likeness (QED) is 0.267. The van der Waals surface area contributed by atoms with Crippen LogP contribution in [0.25, 0.3) is 32.9 Å². The topological polar surface area (TPSA) is 110 Å². The summed E-state index contributed by atoms with van der Waals surface area (Å²) in [7, 11) is 0. The van der Waals surface area contributed by atoms with Gasteiger partial charge in [0.1, 0.15) is 12.4 Å². The van der Waals surface area contributed by atoms with Gasteiger partial charge in [0.05, 0.1) is 11.4 Å². The van der Waals surface area contributed by atoms with Crippen molar-refractivity contribution in [3.05, 3.63) is 113 Å². The van der Waals surface area contributed by atoms with E-state index >= 15 is 0 Å². The van der Waals surface area contributed by atoms with Gasteiger partial charge >= 0.3 is 5.65 Å². The van der Waals surface area contributed by atoms with Crippen molar-refractivity contribution in [1.82, 2.24) is 20.0 Å². The lowest BCUT2D eigenvalue weighted by molar-refractivity contribution is -0.577. The van der Waals surface area contributed by atoms with Gasteiger partial charge in [0.15, 0.2) is 11.4 Å². The van der Waals surface area contributed by atoms with E-state index in [4.69, 9.17) is 5.73 Å². The molecule has 6 rings (SSSR count). The van der Waals surface area contributed by atoms with E-state index in [1.54, 1.807) is 27.5 Å². The molecule has 4 N–H and O–H groups in total. The minimum absolute atomic E-state index is 0.143. The molecule has 8 heteroatoms. The number of benzene rings is 3. The average Bonchev–Trinajstić information content (AvgIpc) is 3.24. The number of hydrogen-bond donors (Lipinski definition) is 3. The van der Waals surface area contributed by atoms with Crippen LogP contribution in [-0.2, 0) is 0 Å². The van der Waals surface area contributed by atoms with Gasteiger partial charge in [0.2, 0.25) is 0 Å². The van der Waals surface area contributed by atoms with Gasteiger partial charge in [-0.05, 0) is 46.3 Å². The molecule has 0 aliphatic rings. The molecule has 176 valence electrons. The Hall–Kier alpha value is -4.98. The maximum atomic E-state index is 14.0. The number of hydrogen-bond acceptors (Lipinski definition) is 4. The van der Waals surface area contributed by atoms with Gasteiger partial charge in [0, 0.05) is 17.4 Å². The van der Waals surface area contributed by atoms with Crippen molar-refractivity contribution in [1.29, 1.82) is 0 Å². The molecule has 3 aromatic carbocycles. The largest absolute Gasteiger partial charge is 0.382 e. The predicted octanol–water partition coefficient (Wildman–Crippen LogP) is 3.68. The van der Waals surface area contributed by atoms with Crippen LogP contribution < -0.4 is 21.1 Å². The number of aromatic nitrogens is 4. The number of anilines is 1. The summed E-state index contributed by atoms with van der Waals surface area (Å²) in [5, 5.41) is 9.28. The van der Waals surface area contributed by atoms with Crippen LogP contribution in [0.3, 0.4) is 0 Å². The van der Waals surface area contributed by atoms with E-state index in [2.05, 4.69) is 15.4 Å². The van der Waals surface area contributed by atoms with Gasteiger partial charge in [-0.3, -0.25) is 14.2 Å². The number of fused-ring (bicyclic) bond motifs is 4. The summed E-state index contributed by atoms with van der Waals surface area (Å²) in [6, 6.07) is 24.4. The number of amides is 1. The fourth-order valence-corrected chi connectivity index (χ4v) is 4.78. The fourth-order valence-electron chi connectivity index (χ4n) is 4.78. The molecule has 1 atom stereocenters. The first-order valence-electron chi connectivity index (χ1n) is 11.6. The average molecular weight is 476 g/mol. The summed E-state index contributed by atoms with van der Waals surface area (Å²) in [6.07, 6.45) is 3.34. The van der Waals surface area contributed by atoms with Crippen LogP contribution in [0, 0.1) is 0 Å². The molecule has 3 aromatic heterocycles. The van der Waals surface area contributed by atoms with Gasteiger partial charge < -0.3 is 11.1 Å². The van der Waals surface area contributed by atoms with E-state index in [1.807, 2.05) is 79.7 Å². The smallest absolute Gasteiger partial charge is 0.362 e. The summed E-state index contributed by atoms with van der Waals surface area (Å²) in [5.74, 6) is -0.174. The Balaban J connectivity index is 1.52. The molecule has 6 aromatic rings. The second-order valence-corrected chi connectivity index (χ2v) is 8.71. The minimum Gasteiger partial charge on any atom is -0.382 e. The first-order valence-corrected chi connectivity index (χ1v) is 11.6. The SMILES string of the molecule is CC(NC(=O)c1c(N)[nH][n+]2cccnc12)c1cc2ccc3ccccc3c2c(=O)n1-c1ccccc1. The normalized spacial score (nSPS) is 12.2. The summed E-state index contributed by atoms with van der Waals surface area (Å²) >= 11 is 0. The number of nitrogen functional groups attached to an aromatic ring is 1. The van der Waals surface area contributed by atoms with Crippen LogP contribution in [0.2, 0.25) is 0 Å². The van der Waals surface area contributed by atoms with Crippen molar-refractivity contribution in [2.24, 2.45) is 0 Å². The molecule has 1 unspecified atom stereocenters. The molecule has 0 radical (unpaired) electrons. The number of carbonyl (C=O) groups is 1. The third-order valence-corrected chi connectivity index (χ3v) is 6.45. The van der Waals surface area contributed by atoms with E-state index in [9.17, 15) is 9.59 Å². The number of carbonyl (C=O) groups excluding carboxylic acids is 1. The third-order valence-electron chi connectivity index (χ3n) is 6.45. The summed E-state index contributed by atoms with van der Waals surface area (Å²) in [5.41, 5.74) is 8.01. The minimum atomic E-state index is -0.515. The van der Waals surface area contributed by atoms with E-state index < -0.39 is 6.04 Å². The first-order chi connectivity index (χ1) is 17.5. The zero-order chi connectivity index (χ0) is 24.8. The second kappa shape index (κ2) is 8.35. The van der Waals surface area contributed by atoms with E-state index in [0.29, 0.717) is 16.7 Å². The molecule has 1 amide bonds. The molecule has 0 bridgehead atoms. The van der Waals surface area contributed by atoms with Crippen molar-refractivity contribution in [3.8, 4) is 5.69 Å². The third kappa shape index (κ3) is 3.39. The first kappa shape index (κ1) is 21.5. The van der Waals surface area contributed by atoms with Gasteiger partial charge in [-0.25, -0.2) is 5.10 Å². The number of nitrogens with zero attached hydrogens (tertiary/aromatic N) is 3. The molecule has 8 nitrogen and oxygen atoms in total. The fraction of sp³-hybridized carbons (Fsp3) is 0.0714. The van der Waals surface area contributed by atoms with E-state index in [0.717, 1.165) is 21.8 Å². The summed E-state index contributed by atoms with van der Waals surface area (Å²) in [6.45, 7) is 1.85. The van der Waals surface area contributed by atoms with Crippen LogP contribution in [0.5, 0.6) is 0 Å². The van der Waals surface area contributed by atoms with Gasteiger partial charge in [-0.1, -0.05) is 54.6 Å². The molecule has 3 heterocycles. The molecule has 0 fully saturated rings. The highest BCUT2D eigenvalue weighted by Crippen LogP contribution is 2.27. The molecule has 0 saturated carbocycles. The van der Waals surface area contributed by atoms with E-state index in [-0.39, 0.29) is 22.8 Å². The van der Waals surface area contributed by atoms with Crippen LogP contribution in [0.4, 0.5) is 5.82 Å². The molecule has 36 heavy (non-hydrogen) atoms. The predicted molar refractivity (Wildman–Crippen MR) is 139 cm³/mol. The van der Waals surface area contributed by atoms with Gasteiger partial charge in [-0.15, -0.1) is 4.52 Å². The highest BCUT2D eigenvalue weighted by atomic mass is 16.2. The maximum Gasteiger partial charge on any atom is 0.362 e. The Morgan fingerprint density at radius 1 is 1.03 bits per heavy atom. The number of rotatable bonds is 4. The number of para-hydroxylation sites is 1. The molecular formula is C28H23N6O2+. The zero-order valence-electron chi connectivity index (χ0n) is 19.5. The van der Waals surface area contributed by atoms with Crippen molar-refractivity contribution >= 4 is 38.9 Å². The van der Waals surface area contributed by atoms with Gasteiger partial charge in [-0.2, -0.15) is 0 Å². The Bertz CT molecular complexity index is 1840. The zero-order valence-corrected chi connectivity index (χ0v) is 19.5. The molecule has 0 aliphatic carbocycles. The number of H-pyrrole nitrogens is 1. The van der Waals surface area contributed by atoms with Gasteiger partial charge in [0.25, 0.3) is 11.5 Å². The van der Waals surface area contributed by atoms with Crippen molar-refractivity contribution < 1.29 is 9.31 Å². The number of pyridine rings is 1. The van der Waals surface area contributed by atoms with Crippen LogP contribution in [0.15, 0.2) is 96.1 Å². The standard InChI is InChI=1S/C28H22N6O2/c1-17(31-27(35)24-25(29)32-33-15-7-14-30-26(24)33)22-16-19-13-12-18-8-5-6-11-21(18)23(19)28(36)34(22)20-9-3-2-4-10-20/h2-17H,1H3,(H3,29,31,32,35)/p+1. The van der Waals surface area contributed by atoms with Crippen LogP contribution >= 0.6 is 0 Å². The van der Waals surface area contributed by atoms with Crippen LogP contribution in [-0.4, -0.2) is 20.6 Å². The highest BCUT2D eigenvalue weighted by Gasteiger charge is 2.27. The lowest BCUT2D eigenvalue weighted by atomic mass is 10.0. The number of aromatic amines is 1. The Kier molecular flexibility index (Phi) is 5.00. The Morgan fingerprint density at radius 3 is 2.61 bits per heavy atom. The summed E-state index contributed by atoms with van der Waals surface area (Å²) in [4.78, 5) is 31.7. The van der Waals surface area contributed by atoms with Crippen molar-refractivity contribution in [3.63, 3.8) is 0 Å².